The number of benzene rings is 2. The Morgan fingerprint density at radius 1 is 1.14 bits per heavy atom. The molecule has 0 radical (unpaired) electrons. The topological polar surface area (TPSA) is 72.6 Å². The van der Waals surface area contributed by atoms with Crippen LogP contribution in [0.5, 0.6) is 0 Å². The maximum atomic E-state index is 12.5. The van der Waals surface area contributed by atoms with Gasteiger partial charge in [0.15, 0.2) is 12.4 Å². The number of esters is 1. The number of likely N-dealkylation sites (N-methyl/N-ethyl adjacent to an activating group) is 1. The minimum Gasteiger partial charge on any atom is -0.452 e. The van der Waals surface area contributed by atoms with E-state index >= 15 is 0 Å². The molecule has 7 heteroatoms. The van der Waals surface area contributed by atoms with Crippen LogP contribution in [0.4, 0.5) is 0 Å². The number of hydrogen-bond acceptors (Lipinski definition) is 6. The molecule has 0 spiro atoms. The highest BCUT2D eigenvalue weighted by atomic mass is 32.1. The number of carbonyl (C=O) groups is 2. The largest absolute Gasteiger partial charge is 0.452 e. The first-order valence-electron chi connectivity index (χ1n) is 8.99. The lowest BCUT2D eigenvalue weighted by Crippen LogP contribution is -2.30. The van der Waals surface area contributed by atoms with Crippen LogP contribution in [0.15, 0.2) is 69.9 Å². The van der Waals surface area contributed by atoms with Crippen molar-refractivity contribution in [1.82, 2.24) is 10.1 Å². The second kappa shape index (κ2) is 8.28. The number of thiophene rings is 1. The Kier molecular flexibility index (Phi) is 5.39. The van der Waals surface area contributed by atoms with Crippen molar-refractivity contribution in [3.63, 3.8) is 0 Å². The fourth-order valence-corrected chi connectivity index (χ4v) is 3.59. The van der Waals surface area contributed by atoms with Crippen LogP contribution in [-0.2, 0) is 16.1 Å². The maximum absolute atomic E-state index is 12.5. The van der Waals surface area contributed by atoms with E-state index in [1.807, 2.05) is 47.2 Å². The molecule has 4 rings (SSSR count). The minimum atomic E-state index is -0.565. The van der Waals surface area contributed by atoms with Crippen molar-refractivity contribution in [2.24, 2.45) is 0 Å². The van der Waals surface area contributed by atoms with Gasteiger partial charge in [-0.15, -0.1) is 0 Å². The SMILES string of the molecule is CN(Cc1ccsc1)C(=O)COC(=O)c1ccc2noc(-c3ccccc3)c2c1. The number of ether oxygens (including phenoxy) is 1. The van der Waals surface area contributed by atoms with Gasteiger partial charge in [0.25, 0.3) is 5.91 Å². The average Bonchev–Trinajstić information content (AvgIpc) is 3.41. The van der Waals surface area contributed by atoms with Gasteiger partial charge in [0, 0.05) is 19.2 Å². The summed E-state index contributed by atoms with van der Waals surface area (Å²) in [4.78, 5) is 26.2. The Labute approximate surface area is 171 Å². The number of fused-ring (bicyclic) bond motifs is 1. The molecule has 1 amide bonds. The fraction of sp³-hybridized carbons (Fsp3) is 0.136. The zero-order valence-corrected chi connectivity index (χ0v) is 16.5. The van der Waals surface area contributed by atoms with Crippen LogP contribution in [0.25, 0.3) is 22.2 Å². The van der Waals surface area contributed by atoms with Crippen LogP contribution in [0, 0.1) is 0 Å². The molecule has 2 aromatic heterocycles. The summed E-state index contributed by atoms with van der Waals surface area (Å²) < 4.78 is 10.7. The molecule has 0 N–H and O–H groups in total. The average molecular weight is 406 g/mol. The highest BCUT2D eigenvalue weighted by Crippen LogP contribution is 2.29. The van der Waals surface area contributed by atoms with Crippen LogP contribution in [0.1, 0.15) is 15.9 Å². The predicted molar refractivity (Wildman–Crippen MR) is 111 cm³/mol. The van der Waals surface area contributed by atoms with Crippen molar-refractivity contribution in [3.8, 4) is 11.3 Å². The van der Waals surface area contributed by atoms with E-state index < -0.39 is 5.97 Å². The quantitative estimate of drug-likeness (QED) is 0.445. The van der Waals surface area contributed by atoms with Gasteiger partial charge in [0.2, 0.25) is 0 Å². The van der Waals surface area contributed by atoms with E-state index in [9.17, 15) is 9.59 Å². The number of amides is 1. The standard InChI is InChI=1S/C22H18N2O4S/c1-24(12-15-9-10-29-14-15)20(25)13-27-22(26)17-7-8-19-18(11-17)21(28-23-19)16-5-3-2-4-6-16/h2-11,14H,12-13H2,1H3. The zero-order chi connectivity index (χ0) is 20.2. The maximum Gasteiger partial charge on any atom is 0.338 e. The zero-order valence-electron chi connectivity index (χ0n) is 15.7. The number of aromatic nitrogens is 1. The molecule has 29 heavy (non-hydrogen) atoms. The Morgan fingerprint density at radius 2 is 1.97 bits per heavy atom. The summed E-state index contributed by atoms with van der Waals surface area (Å²) >= 11 is 1.57. The number of hydrogen-bond donors (Lipinski definition) is 0. The van der Waals surface area contributed by atoms with Crippen molar-refractivity contribution in [2.45, 2.75) is 6.54 Å². The van der Waals surface area contributed by atoms with E-state index in [0.717, 1.165) is 11.1 Å². The molecule has 0 unspecified atom stereocenters. The number of carbonyl (C=O) groups excluding carboxylic acids is 2. The molecule has 2 aromatic carbocycles. The number of nitrogens with zero attached hydrogens (tertiary/aromatic N) is 2. The highest BCUT2D eigenvalue weighted by molar-refractivity contribution is 7.07. The molecule has 0 bridgehead atoms. The van der Waals surface area contributed by atoms with Gasteiger partial charge in [-0.1, -0.05) is 35.5 Å². The summed E-state index contributed by atoms with van der Waals surface area (Å²) in [5.41, 5.74) is 2.90. The normalized spacial score (nSPS) is 10.8. The second-order valence-electron chi connectivity index (χ2n) is 6.57. The van der Waals surface area contributed by atoms with E-state index in [1.54, 1.807) is 36.6 Å². The Balaban J connectivity index is 1.45. The van der Waals surface area contributed by atoms with E-state index in [0.29, 0.717) is 28.8 Å². The molecule has 146 valence electrons. The molecular formula is C22H18N2O4S. The van der Waals surface area contributed by atoms with Crippen LogP contribution in [0.3, 0.4) is 0 Å². The van der Waals surface area contributed by atoms with Gasteiger partial charge in [0.1, 0.15) is 5.52 Å². The second-order valence-corrected chi connectivity index (χ2v) is 7.35. The van der Waals surface area contributed by atoms with Crippen molar-refractivity contribution in [2.75, 3.05) is 13.7 Å². The lowest BCUT2D eigenvalue weighted by molar-refractivity contribution is -0.133. The summed E-state index contributed by atoms with van der Waals surface area (Å²) in [6, 6.07) is 16.5. The number of rotatable bonds is 6. The van der Waals surface area contributed by atoms with E-state index in [-0.39, 0.29) is 12.5 Å². The van der Waals surface area contributed by atoms with Gasteiger partial charge in [-0.3, -0.25) is 4.79 Å². The van der Waals surface area contributed by atoms with E-state index in [4.69, 9.17) is 9.26 Å². The third kappa shape index (κ3) is 4.20. The van der Waals surface area contributed by atoms with Gasteiger partial charge in [0.05, 0.1) is 10.9 Å². The van der Waals surface area contributed by atoms with Crippen LogP contribution in [-0.4, -0.2) is 35.6 Å². The van der Waals surface area contributed by atoms with Gasteiger partial charge in [-0.05, 0) is 40.6 Å². The molecule has 0 aliphatic rings. The molecule has 0 saturated carbocycles. The van der Waals surface area contributed by atoms with Crippen LogP contribution >= 0.6 is 11.3 Å². The Hall–Kier alpha value is -3.45. The van der Waals surface area contributed by atoms with Gasteiger partial charge in [-0.25, -0.2) is 4.79 Å². The summed E-state index contributed by atoms with van der Waals surface area (Å²) in [7, 11) is 1.68. The lowest BCUT2D eigenvalue weighted by Gasteiger charge is -2.16. The first-order chi connectivity index (χ1) is 14.1. The Bertz CT molecular complexity index is 1140. The molecule has 6 nitrogen and oxygen atoms in total. The summed E-state index contributed by atoms with van der Waals surface area (Å²) in [5.74, 6) is -0.244. The lowest BCUT2D eigenvalue weighted by atomic mass is 10.1. The molecule has 2 heterocycles. The molecule has 0 aliphatic heterocycles. The third-order valence-corrected chi connectivity index (χ3v) is 5.23. The van der Waals surface area contributed by atoms with Crippen molar-refractivity contribution in [3.05, 3.63) is 76.5 Å². The first kappa shape index (κ1) is 18.9. The van der Waals surface area contributed by atoms with Crippen molar-refractivity contribution >= 4 is 34.1 Å². The van der Waals surface area contributed by atoms with Crippen molar-refractivity contribution < 1.29 is 18.8 Å². The molecule has 4 aromatic rings. The molecule has 0 aliphatic carbocycles. The third-order valence-electron chi connectivity index (χ3n) is 4.50. The van der Waals surface area contributed by atoms with Gasteiger partial charge in [-0.2, -0.15) is 11.3 Å². The van der Waals surface area contributed by atoms with Gasteiger partial charge < -0.3 is 14.2 Å². The predicted octanol–water partition coefficient (Wildman–Crippen LogP) is 4.37. The Morgan fingerprint density at radius 3 is 2.72 bits per heavy atom. The minimum absolute atomic E-state index is 0.263. The fourth-order valence-electron chi connectivity index (χ4n) is 2.93. The van der Waals surface area contributed by atoms with E-state index in [1.165, 1.54) is 4.90 Å². The molecule has 0 atom stereocenters. The summed E-state index contributed by atoms with van der Waals surface area (Å²) in [6.07, 6.45) is 0. The van der Waals surface area contributed by atoms with Crippen molar-refractivity contribution in [1.29, 1.82) is 0 Å². The van der Waals surface area contributed by atoms with Gasteiger partial charge >= 0.3 is 5.97 Å². The van der Waals surface area contributed by atoms with Crippen LogP contribution in [0.2, 0.25) is 0 Å². The molecule has 0 saturated heterocycles. The highest BCUT2D eigenvalue weighted by Gasteiger charge is 2.17. The molecular weight excluding hydrogens is 388 g/mol. The van der Waals surface area contributed by atoms with Crippen LogP contribution < -0.4 is 0 Å². The molecule has 0 fully saturated rings. The summed E-state index contributed by atoms with van der Waals surface area (Å²) in [5, 5.41) is 8.69. The monoisotopic (exact) mass is 406 g/mol. The first-order valence-corrected chi connectivity index (χ1v) is 9.93. The smallest absolute Gasteiger partial charge is 0.338 e. The van der Waals surface area contributed by atoms with E-state index in [2.05, 4.69) is 5.16 Å². The summed E-state index contributed by atoms with van der Waals surface area (Å²) in [6.45, 7) is 0.166.